The van der Waals surface area contributed by atoms with E-state index in [-0.39, 0.29) is 11.8 Å². The van der Waals surface area contributed by atoms with Crippen molar-refractivity contribution in [2.24, 2.45) is 0 Å². The molecular weight excluding hydrogens is 184 g/mol. The van der Waals surface area contributed by atoms with Crippen LogP contribution in [0.4, 0.5) is 11.4 Å². The van der Waals surface area contributed by atoms with Crippen LogP contribution in [0.15, 0.2) is 18.2 Å². The minimum Gasteiger partial charge on any atom is -0.486 e. The van der Waals surface area contributed by atoms with Gasteiger partial charge in [-0.2, -0.15) is 0 Å². The number of benzene rings is 1. The molecule has 1 aromatic rings. The third-order valence-electron chi connectivity index (χ3n) is 2.08. The first-order chi connectivity index (χ1) is 6.66. The molecule has 5 nitrogen and oxygen atoms in total. The van der Waals surface area contributed by atoms with Crippen molar-refractivity contribution in [3.05, 3.63) is 28.3 Å². The molecule has 5 heteroatoms. The molecule has 0 aliphatic carbocycles. The van der Waals surface area contributed by atoms with Crippen molar-refractivity contribution in [2.45, 2.75) is 13.0 Å². The molecule has 74 valence electrons. The Morgan fingerprint density at radius 2 is 2.43 bits per heavy atom. The van der Waals surface area contributed by atoms with Gasteiger partial charge in [-0.25, -0.2) is 0 Å². The average Bonchev–Trinajstić information content (AvgIpc) is 2.16. The summed E-state index contributed by atoms with van der Waals surface area (Å²) in [5, 5.41) is 13.6. The largest absolute Gasteiger partial charge is 0.486 e. The first-order valence-electron chi connectivity index (χ1n) is 4.36. The fourth-order valence-electron chi connectivity index (χ4n) is 1.38. The highest BCUT2D eigenvalue weighted by molar-refractivity contribution is 5.61. The summed E-state index contributed by atoms with van der Waals surface area (Å²) in [7, 11) is 0. The lowest BCUT2D eigenvalue weighted by Gasteiger charge is -2.24. The molecule has 1 aliphatic heterocycles. The van der Waals surface area contributed by atoms with Crippen molar-refractivity contribution in [3.63, 3.8) is 0 Å². The van der Waals surface area contributed by atoms with Crippen molar-refractivity contribution >= 4 is 11.4 Å². The van der Waals surface area contributed by atoms with Crippen LogP contribution in [0.1, 0.15) is 6.92 Å². The van der Waals surface area contributed by atoms with E-state index < -0.39 is 4.92 Å². The third-order valence-corrected chi connectivity index (χ3v) is 2.08. The summed E-state index contributed by atoms with van der Waals surface area (Å²) in [4.78, 5) is 10.1. The van der Waals surface area contributed by atoms with E-state index in [4.69, 9.17) is 4.74 Å². The van der Waals surface area contributed by atoms with Gasteiger partial charge < -0.3 is 10.1 Å². The van der Waals surface area contributed by atoms with Crippen molar-refractivity contribution in [2.75, 3.05) is 11.9 Å². The maximum absolute atomic E-state index is 10.5. The molecule has 0 unspecified atom stereocenters. The Hall–Kier alpha value is -1.78. The molecule has 1 heterocycles. The van der Waals surface area contributed by atoms with E-state index in [0.29, 0.717) is 5.75 Å². The maximum Gasteiger partial charge on any atom is 0.273 e. The van der Waals surface area contributed by atoms with Crippen LogP contribution in [0.25, 0.3) is 0 Å². The molecule has 0 amide bonds. The summed E-state index contributed by atoms with van der Waals surface area (Å²) >= 11 is 0. The van der Waals surface area contributed by atoms with Crippen LogP contribution in [0, 0.1) is 10.1 Å². The number of anilines is 1. The third kappa shape index (κ3) is 1.48. The van der Waals surface area contributed by atoms with E-state index in [1.807, 2.05) is 6.92 Å². The Balaban J connectivity index is 2.37. The summed E-state index contributed by atoms with van der Waals surface area (Å²) in [5.41, 5.74) is 0.869. The lowest BCUT2D eigenvalue weighted by molar-refractivity contribution is -0.384. The highest BCUT2D eigenvalue weighted by Gasteiger charge is 2.18. The van der Waals surface area contributed by atoms with Gasteiger partial charge in [0.05, 0.1) is 23.2 Å². The first kappa shape index (κ1) is 8.80. The zero-order valence-corrected chi connectivity index (χ0v) is 7.69. The van der Waals surface area contributed by atoms with Crippen molar-refractivity contribution in [1.29, 1.82) is 0 Å². The number of nitrogens with one attached hydrogen (secondary N) is 1. The van der Waals surface area contributed by atoms with Crippen LogP contribution in [-0.2, 0) is 0 Å². The summed E-state index contributed by atoms with van der Waals surface area (Å²) in [6.45, 7) is 2.64. The highest BCUT2D eigenvalue weighted by Crippen LogP contribution is 2.32. The van der Waals surface area contributed by atoms with Crippen molar-refractivity contribution < 1.29 is 9.66 Å². The number of nitrogens with zero attached hydrogens (tertiary/aromatic N) is 1. The molecule has 0 spiro atoms. The number of nitro benzene ring substituents is 1. The second-order valence-corrected chi connectivity index (χ2v) is 3.25. The zero-order chi connectivity index (χ0) is 10.1. The van der Waals surface area contributed by atoms with E-state index in [0.717, 1.165) is 12.2 Å². The second-order valence-electron chi connectivity index (χ2n) is 3.25. The SMILES string of the molecule is C[C@H]1CNc2ccc([N+](=O)[O-])cc2O1. The molecular formula is C9H10N2O3. The van der Waals surface area contributed by atoms with E-state index in [1.165, 1.54) is 12.1 Å². The van der Waals surface area contributed by atoms with Crippen molar-refractivity contribution in [1.82, 2.24) is 0 Å². The number of hydrogen-bond donors (Lipinski definition) is 1. The smallest absolute Gasteiger partial charge is 0.273 e. The molecule has 0 bridgehead atoms. The summed E-state index contributed by atoms with van der Waals surface area (Å²) in [6, 6.07) is 4.57. The fourth-order valence-corrected chi connectivity index (χ4v) is 1.38. The molecule has 0 saturated heterocycles. The number of rotatable bonds is 1. The van der Waals surface area contributed by atoms with Crippen LogP contribution < -0.4 is 10.1 Å². The molecule has 0 radical (unpaired) electrons. The second kappa shape index (κ2) is 3.17. The first-order valence-corrected chi connectivity index (χ1v) is 4.36. The molecule has 0 fully saturated rings. The van der Waals surface area contributed by atoms with Crippen LogP contribution in [0.2, 0.25) is 0 Å². The minimum absolute atomic E-state index is 0.0458. The monoisotopic (exact) mass is 194 g/mol. The maximum atomic E-state index is 10.5. The highest BCUT2D eigenvalue weighted by atomic mass is 16.6. The van der Waals surface area contributed by atoms with E-state index in [9.17, 15) is 10.1 Å². The Kier molecular flexibility index (Phi) is 1.99. The number of non-ortho nitro benzene ring substituents is 1. The van der Waals surface area contributed by atoms with Gasteiger partial charge in [0.15, 0.2) is 0 Å². The summed E-state index contributed by atoms with van der Waals surface area (Å²) in [5.74, 6) is 0.554. The van der Waals surface area contributed by atoms with Gasteiger partial charge in [-0.3, -0.25) is 10.1 Å². The van der Waals surface area contributed by atoms with Gasteiger partial charge in [-0.1, -0.05) is 0 Å². The Bertz CT molecular complexity index is 378. The molecule has 1 atom stereocenters. The number of ether oxygens (including phenoxy) is 1. The van der Waals surface area contributed by atoms with Gasteiger partial charge in [0.1, 0.15) is 11.9 Å². The summed E-state index contributed by atoms with van der Waals surface area (Å²) in [6.07, 6.45) is 0.0458. The number of nitro groups is 1. The van der Waals surface area contributed by atoms with E-state index >= 15 is 0 Å². The standard InChI is InChI=1S/C9H10N2O3/c1-6-5-10-8-3-2-7(11(12)13)4-9(8)14-6/h2-4,6,10H,5H2,1H3/t6-/m0/s1. The Morgan fingerprint density at radius 3 is 3.14 bits per heavy atom. The predicted molar refractivity (Wildman–Crippen MR) is 51.7 cm³/mol. The van der Waals surface area contributed by atoms with Crippen LogP contribution >= 0.6 is 0 Å². The topological polar surface area (TPSA) is 64.4 Å². The summed E-state index contributed by atoms with van der Waals surface area (Å²) < 4.78 is 5.46. The molecule has 1 aromatic carbocycles. The van der Waals surface area contributed by atoms with Crippen LogP contribution in [0.3, 0.4) is 0 Å². The van der Waals surface area contributed by atoms with Gasteiger partial charge in [-0.15, -0.1) is 0 Å². The quantitative estimate of drug-likeness (QED) is 0.546. The molecule has 14 heavy (non-hydrogen) atoms. The Labute approximate surface area is 80.8 Å². The van der Waals surface area contributed by atoms with Gasteiger partial charge in [0, 0.05) is 6.07 Å². The molecule has 2 rings (SSSR count). The van der Waals surface area contributed by atoms with Crippen molar-refractivity contribution in [3.8, 4) is 5.75 Å². The number of hydrogen-bond acceptors (Lipinski definition) is 4. The molecule has 0 aromatic heterocycles. The fraction of sp³-hybridized carbons (Fsp3) is 0.333. The van der Waals surface area contributed by atoms with E-state index in [1.54, 1.807) is 6.07 Å². The van der Waals surface area contributed by atoms with Crippen LogP contribution in [0.5, 0.6) is 5.75 Å². The molecule has 1 aliphatic rings. The van der Waals surface area contributed by atoms with E-state index in [2.05, 4.69) is 5.32 Å². The average molecular weight is 194 g/mol. The van der Waals surface area contributed by atoms with Gasteiger partial charge in [0.25, 0.3) is 5.69 Å². The normalized spacial score (nSPS) is 19.1. The predicted octanol–water partition coefficient (Wildman–Crippen LogP) is 1.79. The molecule has 1 N–H and O–H groups in total. The lowest BCUT2D eigenvalue weighted by atomic mass is 10.2. The van der Waals surface area contributed by atoms with Gasteiger partial charge >= 0.3 is 0 Å². The Morgan fingerprint density at radius 1 is 1.64 bits per heavy atom. The van der Waals surface area contributed by atoms with Gasteiger partial charge in [0.2, 0.25) is 0 Å². The zero-order valence-electron chi connectivity index (χ0n) is 7.69. The van der Waals surface area contributed by atoms with Gasteiger partial charge in [-0.05, 0) is 13.0 Å². The lowest BCUT2D eigenvalue weighted by Crippen LogP contribution is -2.27. The minimum atomic E-state index is -0.428. The number of fused-ring (bicyclic) bond motifs is 1. The van der Waals surface area contributed by atoms with Crippen LogP contribution in [-0.4, -0.2) is 17.6 Å². The molecule has 0 saturated carbocycles.